The van der Waals surface area contributed by atoms with Gasteiger partial charge in [0.1, 0.15) is 0 Å². The summed E-state index contributed by atoms with van der Waals surface area (Å²) in [6.45, 7) is 4.62. The van der Waals surface area contributed by atoms with Gasteiger partial charge in [-0.1, -0.05) is 69.2 Å². The van der Waals surface area contributed by atoms with Gasteiger partial charge in [-0.2, -0.15) is 0 Å². The summed E-state index contributed by atoms with van der Waals surface area (Å²) in [6, 6.07) is 24.9. The predicted molar refractivity (Wildman–Crippen MR) is 107 cm³/mol. The summed E-state index contributed by atoms with van der Waals surface area (Å²) >= 11 is 0. The van der Waals surface area contributed by atoms with Gasteiger partial charge in [0, 0.05) is 0 Å². The first kappa shape index (κ1) is 15.2. The standard InChI is InChI=1S/C24H24/c1-3-4-7-17(2)18-10-11-21-15-23-13-19-8-5-6-9-20(19)14-24(23)16-22(21)12-18/h5-6,8-17H,3-4,7H2,1-2H3. The Morgan fingerprint density at radius 2 is 1.21 bits per heavy atom. The van der Waals surface area contributed by atoms with Crippen LogP contribution < -0.4 is 0 Å². The van der Waals surface area contributed by atoms with Gasteiger partial charge in [-0.25, -0.2) is 0 Å². The Hall–Kier alpha value is -2.34. The van der Waals surface area contributed by atoms with E-state index in [4.69, 9.17) is 0 Å². The molecule has 0 radical (unpaired) electrons. The van der Waals surface area contributed by atoms with E-state index in [1.54, 1.807) is 0 Å². The van der Waals surface area contributed by atoms with Crippen molar-refractivity contribution in [2.24, 2.45) is 0 Å². The van der Waals surface area contributed by atoms with Crippen molar-refractivity contribution < 1.29 is 0 Å². The number of rotatable bonds is 4. The van der Waals surface area contributed by atoms with Gasteiger partial charge in [0.05, 0.1) is 0 Å². The van der Waals surface area contributed by atoms with Crippen LogP contribution in [0.1, 0.15) is 44.6 Å². The fourth-order valence-electron chi connectivity index (χ4n) is 3.69. The number of benzene rings is 4. The minimum Gasteiger partial charge on any atom is -0.0654 e. The van der Waals surface area contributed by atoms with Crippen LogP contribution in [0.4, 0.5) is 0 Å². The summed E-state index contributed by atoms with van der Waals surface area (Å²) in [5, 5.41) is 7.99. The Balaban J connectivity index is 1.84. The van der Waals surface area contributed by atoms with Gasteiger partial charge < -0.3 is 0 Å². The molecule has 4 rings (SSSR count). The first-order valence-corrected chi connectivity index (χ1v) is 9.11. The lowest BCUT2D eigenvalue weighted by Gasteiger charge is -2.13. The molecular weight excluding hydrogens is 288 g/mol. The number of hydrogen-bond donors (Lipinski definition) is 0. The zero-order chi connectivity index (χ0) is 16.5. The molecule has 0 aliphatic carbocycles. The van der Waals surface area contributed by atoms with E-state index in [1.165, 1.54) is 57.1 Å². The van der Waals surface area contributed by atoms with E-state index in [1.807, 2.05) is 0 Å². The lowest BCUT2D eigenvalue weighted by Crippen LogP contribution is -1.93. The molecular formula is C24H24. The normalized spacial score (nSPS) is 12.9. The van der Waals surface area contributed by atoms with Crippen molar-refractivity contribution in [3.05, 3.63) is 72.3 Å². The van der Waals surface area contributed by atoms with Gasteiger partial charge in [0.25, 0.3) is 0 Å². The molecule has 0 heterocycles. The van der Waals surface area contributed by atoms with Gasteiger partial charge in [-0.15, -0.1) is 0 Å². The van der Waals surface area contributed by atoms with Crippen LogP contribution in [-0.4, -0.2) is 0 Å². The fraction of sp³-hybridized carbons (Fsp3) is 0.250. The fourth-order valence-corrected chi connectivity index (χ4v) is 3.69. The molecule has 0 heteroatoms. The summed E-state index contributed by atoms with van der Waals surface area (Å²) in [4.78, 5) is 0. The summed E-state index contributed by atoms with van der Waals surface area (Å²) in [6.07, 6.45) is 3.86. The molecule has 0 nitrogen and oxygen atoms in total. The van der Waals surface area contributed by atoms with Crippen molar-refractivity contribution in [1.29, 1.82) is 0 Å². The average Bonchev–Trinajstić information content (AvgIpc) is 2.62. The summed E-state index contributed by atoms with van der Waals surface area (Å²) in [7, 11) is 0. The largest absolute Gasteiger partial charge is 0.0654 e. The highest BCUT2D eigenvalue weighted by Crippen LogP contribution is 2.30. The Morgan fingerprint density at radius 1 is 0.667 bits per heavy atom. The minimum atomic E-state index is 0.640. The quantitative estimate of drug-likeness (QED) is 0.343. The van der Waals surface area contributed by atoms with Crippen molar-refractivity contribution in [3.8, 4) is 0 Å². The molecule has 0 N–H and O–H groups in total. The summed E-state index contributed by atoms with van der Waals surface area (Å²) < 4.78 is 0. The Morgan fingerprint density at radius 3 is 1.83 bits per heavy atom. The van der Waals surface area contributed by atoms with Gasteiger partial charge >= 0.3 is 0 Å². The van der Waals surface area contributed by atoms with E-state index in [9.17, 15) is 0 Å². The molecule has 0 bridgehead atoms. The summed E-state index contributed by atoms with van der Waals surface area (Å²) in [5.41, 5.74) is 1.47. The third-order valence-electron chi connectivity index (χ3n) is 5.24. The number of fused-ring (bicyclic) bond motifs is 3. The highest BCUT2D eigenvalue weighted by Gasteiger charge is 2.07. The van der Waals surface area contributed by atoms with Gasteiger partial charge in [0.15, 0.2) is 0 Å². The molecule has 1 atom stereocenters. The Bertz CT molecular complexity index is 1010. The van der Waals surface area contributed by atoms with E-state index >= 15 is 0 Å². The summed E-state index contributed by atoms with van der Waals surface area (Å²) in [5.74, 6) is 0.640. The third kappa shape index (κ3) is 2.78. The average molecular weight is 312 g/mol. The number of unbranched alkanes of at least 4 members (excludes halogenated alkanes) is 1. The van der Waals surface area contributed by atoms with Crippen LogP contribution in [-0.2, 0) is 0 Å². The Labute approximate surface area is 144 Å². The van der Waals surface area contributed by atoms with Crippen LogP contribution in [0.5, 0.6) is 0 Å². The first-order chi connectivity index (χ1) is 11.7. The number of hydrogen-bond acceptors (Lipinski definition) is 0. The van der Waals surface area contributed by atoms with Crippen LogP contribution >= 0.6 is 0 Å². The molecule has 4 aromatic carbocycles. The van der Waals surface area contributed by atoms with E-state index < -0.39 is 0 Å². The molecule has 0 spiro atoms. The maximum atomic E-state index is 2.39. The monoisotopic (exact) mass is 312 g/mol. The SMILES string of the molecule is CCCCC(C)c1ccc2cc3cc4ccccc4cc3cc2c1. The molecule has 0 saturated carbocycles. The van der Waals surface area contributed by atoms with Gasteiger partial charge in [0.2, 0.25) is 0 Å². The van der Waals surface area contributed by atoms with E-state index in [2.05, 4.69) is 80.6 Å². The van der Waals surface area contributed by atoms with Crippen LogP contribution in [0, 0.1) is 0 Å². The highest BCUT2D eigenvalue weighted by atomic mass is 14.1. The first-order valence-electron chi connectivity index (χ1n) is 9.11. The molecule has 0 aliphatic rings. The minimum absolute atomic E-state index is 0.640. The second-order valence-corrected chi connectivity index (χ2v) is 7.05. The van der Waals surface area contributed by atoms with E-state index in [0.29, 0.717) is 5.92 Å². The van der Waals surface area contributed by atoms with Crippen molar-refractivity contribution in [2.75, 3.05) is 0 Å². The molecule has 0 amide bonds. The van der Waals surface area contributed by atoms with Crippen LogP contribution in [0.25, 0.3) is 32.3 Å². The van der Waals surface area contributed by atoms with Crippen LogP contribution in [0.15, 0.2) is 66.7 Å². The maximum Gasteiger partial charge on any atom is -0.0171 e. The lowest BCUT2D eigenvalue weighted by molar-refractivity contribution is 0.625. The molecule has 0 fully saturated rings. The highest BCUT2D eigenvalue weighted by molar-refractivity contribution is 6.04. The zero-order valence-corrected chi connectivity index (χ0v) is 14.5. The molecule has 24 heavy (non-hydrogen) atoms. The van der Waals surface area contributed by atoms with Crippen LogP contribution in [0.2, 0.25) is 0 Å². The second-order valence-electron chi connectivity index (χ2n) is 7.05. The van der Waals surface area contributed by atoms with Gasteiger partial charge in [-0.05, 0) is 74.5 Å². The molecule has 0 aromatic heterocycles. The van der Waals surface area contributed by atoms with Crippen molar-refractivity contribution in [3.63, 3.8) is 0 Å². The zero-order valence-electron chi connectivity index (χ0n) is 14.5. The predicted octanol–water partition coefficient (Wildman–Crippen LogP) is 7.44. The maximum absolute atomic E-state index is 2.39. The third-order valence-corrected chi connectivity index (χ3v) is 5.24. The second kappa shape index (κ2) is 6.28. The molecule has 0 aliphatic heterocycles. The van der Waals surface area contributed by atoms with Crippen molar-refractivity contribution >= 4 is 32.3 Å². The topological polar surface area (TPSA) is 0 Å². The molecule has 0 saturated heterocycles. The smallest absolute Gasteiger partial charge is 0.0171 e. The van der Waals surface area contributed by atoms with E-state index in [-0.39, 0.29) is 0 Å². The molecule has 120 valence electrons. The van der Waals surface area contributed by atoms with E-state index in [0.717, 1.165) is 0 Å². The molecule has 1 unspecified atom stereocenters. The van der Waals surface area contributed by atoms with Gasteiger partial charge in [-0.3, -0.25) is 0 Å². The Kier molecular flexibility index (Phi) is 3.98. The van der Waals surface area contributed by atoms with Crippen molar-refractivity contribution in [1.82, 2.24) is 0 Å². The van der Waals surface area contributed by atoms with Crippen LogP contribution in [0.3, 0.4) is 0 Å². The molecule has 4 aromatic rings. The lowest BCUT2D eigenvalue weighted by atomic mass is 9.92. The van der Waals surface area contributed by atoms with Crippen molar-refractivity contribution in [2.45, 2.75) is 39.0 Å².